The largest absolute Gasteiger partial charge is 0.354 e. The Morgan fingerprint density at radius 3 is 2.07 bits per heavy atom. The summed E-state index contributed by atoms with van der Waals surface area (Å²) in [6.07, 6.45) is 0. The van der Waals surface area contributed by atoms with Crippen molar-refractivity contribution in [2.45, 2.75) is 47.6 Å². The van der Waals surface area contributed by atoms with E-state index < -0.39 is 6.04 Å². The number of nitrogens with one attached hydrogen (secondary N) is 1. The summed E-state index contributed by atoms with van der Waals surface area (Å²) in [6, 6.07) is -0.392. The van der Waals surface area contributed by atoms with Crippen molar-refractivity contribution >= 4 is 5.91 Å². The Balaban J connectivity index is 4.02. The van der Waals surface area contributed by atoms with Gasteiger partial charge in [0.15, 0.2) is 0 Å². The number of nitrogens with two attached hydrogens (primary N) is 1. The van der Waals surface area contributed by atoms with Gasteiger partial charge in [0, 0.05) is 6.54 Å². The van der Waals surface area contributed by atoms with E-state index in [0.717, 1.165) is 0 Å². The molecular formula is C12H26N2O. The number of rotatable bonds is 4. The molecule has 2 atom stereocenters. The van der Waals surface area contributed by atoms with Gasteiger partial charge in [-0.3, -0.25) is 4.79 Å². The first-order valence-corrected chi connectivity index (χ1v) is 5.69. The van der Waals surface area contributed by atoms with Crippen LogP contribution in [0, 0.1) is 17.3 Å². The van der Waals surface area contributed by atoms with Crippen LogP contribution in [-0.4, -0.2) is 18.5 Å². The van der Waals surface area contributed by atoms with Gasteiger partial charge in [-0.25, -0.2) is 0 Å². The van der Waals surface area contributed by atoms with Gasteiger partial charge in [-0.2, -0.15) is 0 Å². The van der Waals surface area contributed by atoms with Gasteiger partial charge >= 0.3 is 0 Å². The molecule has 0 spiro atoms. The van der Waals surface area contributed by atoms with E-state index in [0.29, 0.717) is 12.5 Å². The maximum absolute atomic E-state index is 11.6. The molecule has 3 heteroatoms. The van der Waals surface area contributed by atoms with Crippen molar-refractivity contribution in [1.82, 2.24) is 5.32 Å². The van der Waals surface area contributed by atoms with E-state index in [1.807, 2.05) is 13.8 Å². The summed E-state index contributed by atoms with van der Waals surface area (Å²) in [7, 11) is 0. The standard InChI is InChI=1S/C12H26N2O/c1-8(2)10(13)11(15)14-7-9(3)12(4,5)6/h8-10H,7,13H2,1-6H3,(H,14,15). The molecule has 1 amide bonds. The Hall–Kier alpha value is -0.570. The summed E-state index contributed by atoms with van der Waals surface area (Å²) in [5, 5.41) is 2.91. The topological polar surface area (TPSA) is 55.1 Å². The van der Waals surface area contributed by atoms with Gasteiger partial charge in [0.25, 0.3) is 0 Å². The van der Waals surface area contributed by atoms with E-state index in [1.54, 1.807) is 0 Å². The summed E-state index contributed by atoms with van der Waals surface area (Å²) >= 11 is 0. The minimum atomic E-state index is -0.392. The van der Waals surface area contributed by atoms with Crippen LogP contribution in [0.5, 0.6) is 0 Å². The van der Waals surface area contributed by atoms with Crippen molar-refractivity contribution in [2.24, 2.45) is 23.0 Å². The molecule has 0 saturated heterocycles. The van der Waals surface area contributed by atoms with Gasteiger partial charge in [-0.05, 0) is 17.3 Å². The van der Waals surface area contributed by atoms with Crippen molar-refractivity contribution < 1.29 is 4.79 Å². The van der Waals surface area contributed by atoms with Crippen LogP contribution in [0.3, 0.4) is 0 Å². The third-order valence-electron chi connectivity index (χ3n) is 3.08. The van der Waals surface area contributed by atoms with Gasteiger partial charge in [0.05, 0.1) is 6.04 Å². The van der Waals surface area contributed by atoms with Crippen LogP contribution >= 0.6 is 0 Å². The van der Waals surface area contributed by atoms with Crippen LogP contribution in [0.15, 0.2) is 0 Å². The van der Waals surface area contributed by atoms with Crippen LogP contribution in [0.2, 0.25) is 0 Å². The highest BCUT2D eigenvalue weighted by atomic mass is 16.2. The van der Waals surface area contributed by atoms with Crippen molar-refractivity contribution in [2.75, 3.05) is 6.54 Å². The quantitative estimate of drug-likeness (QED) is 0.749. The Morgan fingerprint density at radius 1 is 1.27 bits per heavy atom. The molecule has 0 aliphatic heterocycles. The minimum Gasteiger partial charge on any atom is -0.354 e. The van der Waals surface area contributed by atoms with E-state index in [4.69, 9.17) is 5.73 Å². The lowest BCUT2D eigenvalue weighted by atomic mass is 9.82. The molecule has 0 aromatic rings. The fraction of sp³-hybridized carbons (Fsp3) is 0.917. The summed E-state index contributed by atoms with van der Waals surface area (Å²) in [6.45, 7) is 13.3. The number of hydrogen-bond acceptors (Lipinski definition) is 2. The molecule has 0 aromatic heterocycles. The lowest BCUT2D eigenvalue weighted by Crippen LogP contribution is -2.46. The second kappa shape index (κ2) is 5.50. The molecular weight excluding hydrogens is 188 g/mol. The zero-order valence-electron chi connectivity index (χ0n) is 10.9. The Labute approximate surface area is 93.8 Å². The van der Waals surface area contributed by atoms with Crippen molar-refractivity contribution in [3.8, 4) is 0 Å². The highest BCUT2D eigenvalue weighted by molar-refractivity contribution is 5.81. The molecule has 2 unspecified atom stereocenters. The van der Waals surface area contributed by atoms with Crippen molar-refractivity contribution in [3.05, 3.63) is 0 Å². The molecule has 0 saturated carbocycles. The smallest absolute Gasteiger partial charge is 0.237 e. The Bertz CT molecular complexity index is 206. The van der Waals surface area contributed by atoms with Gasteiger partial charge in [-0.15, -0.1) is 0 Å². The second-order valence-electron chi connectivity index (χ2n) is 5.78. The van der Waals surface area contributed by atoms with E-state index in [2.05, 4.69) is 33.0 Å². The molecule has 0 aromatic carbocycles. The number of carbonyl (C=O) groups is 1. The molecule has 0 bridgehead atoms. The van der Waals surface area contributed by atoms with Gasteiger partial charge < -0.3 is 11.1 Å². The van der Waals surface area contributed by atoms with Crippen LogP contribution in [0.4, 0.5) is 0 Å². The molecule has 0 rings (SSSR count). The first-order valence-electron chi connectivity index (χ1n) is 5.69. The van der Waals surface area contributed by atoms with Crippen molar-refractivity contribution in [3.63, 3.8) is 0 Å². The predicted octanol–water partition coefficient (Wildman–Crippen LogP) is 1.77. The monoisotopic (exact) mass is 214 g/mol. The van der Waals surface area contributed by atoms with Crippen LogP contribution in [0.1, 0.15) is 41.5 Å². The summed E-state index contributed by atoms with van der Waals surface area (Å²) in [5.41, 5.74) is 5.96. The highest BCUT2D eigenvalue weighted by Gasteiger charge is 2.22. The van der Waals surface area contributed by atoms with Gasteiger partial charge in [-0.1, -0.05) is 41.5 Å². The first kappa shape index (κ1) is 14.4. The molecule has 0 radical (unpaired) electrons. The van der Waals surface area contributed by atoms with E-state index in [-0.39, 0.29) is 17.2 Å². The molecule has 0 aliphatic carbocycles. The molecule has 90 valence electrons. The summed E-state index contributed by atoms with van der Waals surface area (Å²) in [5.74, 6) is 0.594. The first-order chi connectivity index (χ1) is 6.66. The zero-order chi connectivity index (χ0) is 12.2. The fourth-order valence-corrected chi connectivity index (χ4v) is 0.980. The van der Waals surface area contributed by atoms with Crippen molar-refractivity contribution in [1.29, 1.82) is 0 Å². The highest BCUT2D eigenvalue weighted by Crippen LogP contribution is 2.24. The third-order valence-corrected chi connectivity index (χ3v) is 3.08. The molecule has 0 aliphatic rings. The Morgan fingerprint density at radius 2 is 1.73 bits per heavy atom. The van der Waals surface area contributed by atoms with E-state index in [1.165, 1.54) is 0 Å². The molecule has 3 N–H and O–H groups in total. The van der Waals surface area contributed by atoms with Crippen LogP contribution < -0.4 is 11.1 Å². The summed E-state index contributed by atoms with van der Waals surface area (Å²) < 4.78 is 0. The SMILES string of the molecule is CC(C)C(N)C(=O)NCC(C)C(C)(C)C. The number of amides is 1. The number of carbonyl (C=O) groups excluding carboxylic acids is 1. The molecule has 3 nitrogen and oxygen atoms in total. The Kier molecular flexibility index (Phi) is 5.29. The number of hydrogen-bond donors (Lipinski definition) is 2. The minimum absolute atomic E-state index is 0.0406. The van der Waals surface area contributed by atoms with Crippen LogP contribution in [-0.2, 0) is 4.79 Å². The maximum Gasteiger partial charge on any atom is 0.237 e. The van der Waals surface area contributed by atoms with E-state index >= 15 is 0 Å². The normalized spacial score (nSPS) is 16.3. The summed E-state index contributed by atoms with van der Waals surface area (Å²) in [4.78, 5) is 11.6. The average molecular weight is 214 g/mol. The average Bonchev–Trinajstić information content (AvgIpc) is 2.10. The van der Waals surface area contributed by atoms with Gasteiger partial charge in [0.2, 0.25) is 5.91 Å². The lowest BCUT2D eigenvalue weighted by Gasteiger charge is -2.28. The maximum atomic E-state index is 11.6. The zero-order valence-corrected chi connectivity index (χ0v) is 10.9. The molecule has 0 fully saturated rings. The fourth-order valence-electron chi connectivity index (χ4n) is 0.980. The van der Waals surface area contributed by atoms with Gasteiger partial charge in [0.1, 0.15) is 0 Å². The lowest BCUT2D eigenvalue weighted by molar-refractivity contribution is -0.123. The van der Waals surface area contributed by atoms with E-state index in [9.17, 15) is 4.79 Å². The van der Waals surface area contributed by atoms with Crippen LogP contribution in [0.25, 0.3) is 0 Å². The second-order valence-corrected chi connectivity index (χ2v) is 5.78. The third kappa shape index (κ3) is 5.17. The molecule has 0 heterocycles. The predicted molar refractivity (Wildman–Crippen MR) is 64.4 cm³/mol. The molecule has 15 heavy (non-hydrogen) atoms.